The zero-order valence-electron chi connectivity index (χ0n) is 16.3. The molecular formula is C22H26ClN3O2. The molecule has 0 unspecified atom stereocenters. The largest absolute Gasteiger partial charge is 0.383 e. The summed E-state index contributed by atoms with van der Waals surface area (Å²) in [5, 5.41) is 3.69. The van der Waals surface area contributed by atoms with Crippen molar-refractivity contribution in [2.45, 2.75) is 32.2 Å². The molecule has 0 spiro atoms. The van der Waals surface area contributed by atoms with Gasteiger partial charge in [0.25, 0.3) is 0 Å². The Hall–Kier alpha value is -2.37. The first-order chi connectivity index (χ1) is 13.7. The maximum atomic E-state index is 13.0. The maximum Gasteiger partial charge on any atom is 0.243 e. The lowest BCUT2D eigenvalue weighted by Gasteiger charge is -2.21. The zero-order valence-corrected chi connectivity index (χ0v) is 17.1. The van der Waals surface area contributed by atoms with Gasteiger partial charge in [0.2, 0.25) is 5.91 Å². The normalized spacial score (nSPS) is 12.2. The molecule has 0 aliphatic carbocycles. The van der Waals surface area contributed by atoms with Crippen LogP contribution in [0.1, 0.15) is 37.2 Å². The highest BCUT2D eigenvalue weighted by atomic mass is 35.5. The molecule has 148 valence electrons. The molecule has 0 radical (unpaired) electrons. The summed E-state index contributed by atoms with van der Waals surface area (Å²) in [7, 11) is 1.63. The van der Waals surface area contributed by atoms with Crippen molar-refractivity contribution in [2.24, 2.45) is 0 Å². The van der Waals surface area contributed by atoms with Crippen LogP contribution < -0.4 is 5.32 Å². The van der Waals surface area contributed by atoms with Gasteiger partial charge in [-0.15, -0.1) is 0 Å². The molecule has 3 aromatic rings. The van der Waals surface area contributed by atoms with Crippen LogP contribution in [0.3, 0.4) is 0 Å². The van der Waals surface area contributed by atoms with E-state index in [1.807, 2.05) is 48.5 Å². The second kappa shape index (κ2) is 9.71. The summed E-state index contributed by atoms with van der Waals surface area (Å²) in [6.07, 6.45) is 2.19. The number of fused-ring (bicyclic) bond motifs is 1. The Morgan fingerprint density at radius 2 is 1.96 bits per heavy atom. The third-order valence-corrected chi connectivity index (χ3v) is 5.13. The van der Waals surface area contributed by atoms with Crippen molar-refractivity contribution in [2.75, 3.05) is 20.3 Å². The lowest BCUT2D eigenvalue weighted by Crippen LogP contribution is -2.35. The van der Waals surface area contributed by atoms with Crippen LogP contribution in [-0.2, 0) is 16.0 Å². The number of nitrogens with zero attached hydrogens (tertiary/aromatic N) is 2. The number of aromatic nitrogens is 2. The van der Waals surface area contributed by atoms with E-state index in [-0.39, 0.29) is 11.9 Å². The van der Waals surface area contributed by atoms with Crippen LogP contribution in [0.15, 0.2) is 48.5 Å². The van der Waals surface area contributed by atoms with E-state index >= 15 is 0 Å². The van der Waals surface area contributed by atoms with Crippen LogP contribution in [0.2, 0.25) is 5.02 Å². The lowest BCUT2D eigenvalue weighted by molar-refractivity contribution is -0.124. The molecule has 1 heterocycles. The molecule has 0 aliphatic rings. The number of amides is 1. The Bertz CT molecular complexity index is 938. The number of hydrogen-bond donors (Lipinski definition) is 1. The lowest BCUT2D eigenvalue weighted by atomic mass is 10.1. The number of halogens is 1. The van der Waals surface area contributed by atoms with Crippen LogP contribution >= 0.6 is 11.6 Å². The third-order valence-electron chi connectivity index (χ3n) is 4.76. The standard InChI is InChI=1S/C22H26ClN3O2/c1-3-8-20(22(27)24-13-14-28-2)26-19-12-7-6-11-18(19)25-21(26)15-16-9-4-5-10-17(16)23/h4-7,9-12,20H,3,8,13-15H2,1-2H3,(H,24,27)/t20-/m1/s1. The molecule has 0 bridgehead atoms. The summed E-state index contributed by atoms with van der Waals surface area (Å²) < 4.78 is 7.13. The molecule has 6 heteroatoms. The number of para-hydroxylation sites is 2. The Kier molecular flexibility index (Phi) is 7.06. The molecule has 1 amide bonds. The molecule has 0 saturated carbocycles. The Balaban J connectivity index is 2.03. The van der Waals surface area contributed by atoms with E-state index in [0.29, 0.717) is 24.6 Å². The van der Waals surface area contributed by atoms with Crippen molar-refractivity contribution in [3.63, 3.8) is 0 Å². The number of nitrogens with one attached hydrogen (secondary N) is 1. The molecule has 0 saturated heterocycles. The molecule has 1 atom stereocenters. The van der Waals surface area contributed by atoms with Gasteiger partial charge in [-0.3, -0.25) is 4.79 Å². The van der Waals surface area contributed by atoms with E-state index in [1.54, 1.807) is 7.11 Å². The van der Waals surface area contributed by atoms with E-state index in [0.717, 1.165) is 35.3 Å². The maximum absolute atomic E-state index is 13.0. The highest BCUT2D eigenvalue weighted by Crippen LogP contribution is 2.27. The van der Waals surface area contributed by atoms with Crippen molar-refractivity contribution in [3.8, 4) is 0 Å². The van der Waals surface area contributed by atoms with Gasteiger partial charge in [0.1, 0.15) is 11.9 Å². The summed E-state index contributed by atoms with van der Waals surface area (Å²) >= 11 is 6.38. The first kappa shape index (κ1) is 20.4. The number of benzene rings is 2. The van der Waals surface area contributed by atoms with Crippen molar-refractivity contribution in [3.05, 3.63) is 64.9 Å². The van der Waals surface area contributed by atoms with Gasteiger partial charge in [0, 0.05) is 25.1 Å². The topological polar surface area (TPSA) is 56.1 Å². The van der Waals surface area contributed by atoms with E-state index in [1.165, 1.54) is 0 Å². The van der Waals surface area contributed by atoms with Crippen molar-refractivity contribution < 1.29 is 9.53 Å². The predicted octanol–water partition coefficient (Wildman–Crippen LogP) is 4.38. The summed E-state index contributed by atoms with van der Waals surface area (Å²) in [5.74, 6) is 0.831. The SMILES string of the molecule is CCC[C@H](C(=O)NCCOC)n1c(Cc2ccccc2Cl)nc2ccccc21. The average Bonchev–Trinajstić information content (AvgIpc) is 3.05. The molecular weight excluding hydrogens is 374 g/mol. The molecule has 28 heavy (non-hydrogen) atoms. The van der Waals surface area contributed by atoms with Gasteiger partial charge in [-0.2, -0.15) is 0 Å². The van der Waals surface area contributed by atoms with E-state index in [2.05, 4.69) is 16.8 Å². The Labute approximate surface area is 170 Å². The molecule has 1 N–H and O–H groups in total. The second-order valence-corrected chi connectivity index (χ2v) is 7.15. The Morgan fingerprint density at radius 3 is 2.71 bits per heavy atom. The summed E-state index contributed by atoms with van der Waals surface area (Å²) in [5.41, 5.74) is 2.84. The molecule has 0 fully saturated rings. The van der Waals surface area contributed by atoms with Crippen LogP contribution in [0.25, 0.3) is 11.0 Å². The van der Waals surface area contributed by atoms with Gasteiger partial charge < -0.3 is 14.6 Å². The minimum Gasteiger partial charge on any atom is -0.383 e. The quantitative estimate of drug-likeness (QED) is 0.543. The number of carbonyl (C=O) groups is 1. The van der Waals surface area contributed by atoms with Crippen LogP contribution in [0.5, 0.6) is 0 Å². The van der Waals surface area contributed by atoms with Gasteiger partial charge in [0.15, 0.2) is 0 Å². The number of hydrogen-bond acceptors (Lipinski definition) is 3. The minimum absolute atomic E-state index is 0.0116. The zero-order chi connectivity index (χ0) is 19.9. The summed E-state index contributed by atoms with van der Waals surface area (Å²) in [6, 6.07) is 15.4. The number of rotatable bonds is 9. The fourth-order valence-corrected chi connectivity index (χ4v) is 3.63. The predicted molar refractivity (Wildman–Crippen MR) is 113 cm³/mol. The summed E-state index contributed by atoms with van der Waals surface area (Å²) in [4.78, 5) is 17.8. The number of carbonyl (C=O) groups excluding carboxylic acids is 1. The van der Waals surface area contributed by atoms with Crippen LogP contribution in [0, 0.1) is 0 Å². The van der Waals surface area contributed by atoms with Gasteiger partial charge in [0.05, 0.1) is 17.6 Å². The van der Waals surface area contributed by atoms with Gasteiger partial charge in [-0.1, -0.05) is 55.3 Å². The molecule has 1 aromatic heterocycles. The smallest absolute Gasteiger partial charge is 0.243 e. The minimum atomic E-state index is -0.327. The Morgan fingerprint density at radius 1 is 1.21 bits per heavy atom. The first-order valence-corrected chi connectivity index (χ1v) is 9.99. The van der Waals surface area contributed by atoms with Crippen LogP contribution in [0.4, 0.5) is 0 Å². The number of methoxy groups -OCH3 is 1. The third kappa shape index (κ3) is 4.54. The number of imidazole rings is 1. The van der Waals surface area contributed by atoms with Gasteiger partial charge in [-0.25, -0.2) is 4.98 Å². The highest BCUT2D eigenvalue weighted by Gasteiger charge is 2.25. The fraction of sp³-hybridized carbons (Fsp3) is 0.364. The first-order valence-electron chi connectivity index (χ1n) is 9.61. The number of ether oxygens (including phenoxy) is 1. The van der Waals surface area contributed by atoms with Crippen LogP contribution in [-0.4, -0.2) is 35.7 Å². The highest BCUT2D eigenvalue weighted by molar-refractivity contribution is 6.31. The molecule has 5 nitrogen and oxygen atoms in total. The monoisotopic (exact) mass is 399 g/mol. The summed E-state index contributed by atoms with van der Waals surface area (Å²) in [6.45, 7) is 3.06. The van der Waals surface area contributed by atoms with Crippen molar-refractivity contribution >= 4 is 28.5 Å². The van der Waals surface area contributed by atoms with Crippen molar-refractivity contribution in [1.82, 2.24) is 14.9 Å². The second-order valence-electron chi connectivity index (χ2n) is 6.74. The van der Waals surface area contributed by atoms with E-state index in [9.17, 15) is 4.79 Å². The molecule has 3 rings (SSSR count). The average molecular weight is 400 g/mol. The fourth-order valence-electron chi connectivity index (χ4n) is 3.42. The van der Waals surface area contributed by atoms with Crippen molar-refractivity contribution in [1.29, 1.82) is 0 Å². The van der Waals surface area contributed by atoms with E-state index in [4.69, 9.17) is 21.3 Å². The van der Waals surface area contributed by atoms with Gasteiger partial charge >= 0.3 is 0 Å². The van der Waals surface area contributed by atoms with Gasteiger partial charge in [-0.05, 0) is 30.2 Å². The van der Waals surface area contributed by atoms with E-state index < -0.39 is 0 Å². The molecule has 2 aromatic carbocycles. The molecule has 0 aliphatic heterocycles.